The first kappa shape index (κ1) is 14.1. The van der Waals surface area contributed by atoms with E-state index in [1.807, 2.05) is 25.1 Å². The molecule has 110 valence electrons. The van der Waals surface area contributed by atoms with Crippen molar-refractivity contribution < 1.29 is 0 Å². The summed E-state index contributed by atoms with van der Waals surface area (Å²) in [6.07, 6.45) is 3.04. The van der Waals surface area contributed by atoms with Crippen molar-refractivity contribution in [1.29, 1.82) is 0 Å². The van der Waals surface area contributed by atoms with Crippen molar-refractivity contribution in [2.45, 2.75) is 38.6 Å². The van der Waals surface area contributed by atoms with Gasteiger partial charge < -0.3 is 0 Å². The third-order valence-electron chi connectivity index (χ3n) is 4.09. The number of hydrogen-bond donors (Lipinski definition) is 1. The largest absolute Gasteiger partial charge is 0.330 e. The van der Waals surface area contributed by atoms with Gasteiger partial charge in [-0.3, -0.25) is 14.3 Å². The van der Waals surface area contributed by atoms with E-state index in [-0.39, 0.29) is 16.8 Å². The van der Waals surface area contributed by atoms with Gasteiger partial charge in [-0.05, 0) is 30.4 Å². The lowest BCUT2D eigenvalue weighted by Crippen LogP contribution is -2.40. The summed E-state index contributed by atoms with van der Waals surface area (Å²) >= 11 is 6.02. The second kappa shape index (κ2) is 5.53. The van der Waals surface area contributed by atoms with Crippen molar-refractivity contribution in [1.82, 2.24) is 9.55 Å². The first-order valence-corrected chi connectivity index (χ1v) is 7.62. The van der Waals surface area contributed by atoms with Gasteiger partial charge in [-0.15, -0.1) is 0 Å². The molecule has 1 aliphatic carbocycles. The fraction of sp³-hybridized carbons (Fsp3) is 0.375. The van der Waals surface area contributed by atoms with E-state index in [9.17, 15) is 9.59 Å². The van der Waals surface area contributed by atoms with Crippen molar-refractivity contribution in [3.05, 3.63) is 66.9 Å². The van der Waals surface area contributed by atoms with Crippen LogP contribution < -0.4 is 11.2 Å². The zero-order valence-corrected chi connectivity index (χ0v) is 12.6. The Kier molecular flexibility index (Phi) is 3.72. The molecule has 1 atom stereocenters. The molecule has 4 nitrogen and oxygen atoms in total. The number of nitrogens with zero attached hydrogens (tertiary/aromatic N) is 1. The van der Waals surface area contributed by atoms with Gasteiger partial charge in [0.2, 0.25) is 0 Å². The highest BCUT2D eigenvalue weighted by atomic mass is 35.5. The summed E-state index contributed by atoms with van der Waals surface area (Å²) in [6.45, 7) is 1.98. The van der Waals surface area contributed by atoms with Crippen LogP contribution in [0.4, 0.5) is 0 Å². The number of rotatable bonds is 3. The summed E-state index contributed by atoms with van der Waals surface area (Å²) < 4.78 is 1.34. The summed E-state index contributed by atoms with van der Waals surface area (Å²) in [5.41, 5.74) is 2.10. The number of fused-ring (bicyclic) bond motifs is 1. The minimum Gasteiger partial charge on any atom is -0.297 e. The van der Waals surface area contributed by atoms with Gasteiger partial charge in [-0.25, -0.2) is 4.79 Å². The Labute approximate surface area is 127 Å². The summed E-state index contributed by atoms with van der Waals surface area (Å²) in [6, 6.07) is 7.78. The fourth-order valence-corrected chi connectivity index (χ4v) is 3.37. The van der Waals surface area contributed by atoms with Gasteiger partial charge >= 0.3 is 5.69 Å². The Morgan fingerprint density at radius 3 is 2.86 bits per heavy atom. The van der Waals surface area contributed by atoms with Crippen molar-refractivity contribution in [2.24, 2.45) is 0 Å². The van der Waals surface area contributed by atoms with Crippen LogP contribution in [0.1, 0.15) is 42.5 Å². The highest BCUT2D eigenvalue weighted by Crippen LogP contribution is 2.32. The maximum absolute atomic E-state index is 12.7. The average Bonchev–Trinajstić information content (AvgIpc) is 2.87. The van der Waals surface area contributed by atoms with Crippen molar-refractivity contribution in [2.75, 3.05) is 0 Å². The average molecular weight is 305 g/mol. The van der Waals surface area contributed by atoms with E-state index in [0.29, 0.717) is 12.0 Å². The summed E-state index contributed by atoms with van der Waals surface area (Å²) in [5, 5.41) is 0.175. The van der Waals surface area contributed by atoms with Crippen LogP contribution in [-0.4, -0.2) is 9.55 Å². The molecule has 1 aromatic carbocycles. The number of aryl methyl sites for hydroxylation is 1. The molecule has 21 heavy (non-hydrogen) atoms. The Morgan fingerprint density at radius 1 is 1.33 bits per heavy atom. The van der Waals surface area contributed by atoms with E-state index in [1.54, 1.807) is 0 Å². The number of halogens is 1. The number of aromatic amines is 1. The predicted octanol–water partition coefficient (Wildman–Crippen LogP) is 2.68. The van der Waals surface area contributed by atoms with Crippen molar-refractivity contribution >= 4 is 11.6 Å². The molecule has 1 aromatic heterocycles. The molecule has 0 bridgehead atoms. The van der Waals surface area contributed by atoms with Crippen LogP contribution in [-0.2, 0) is 12.8 Å². The third kappa shape index (κ3) is 2.33. The second-order valence-corrected chi connectivity index (χ2v) is 5.78. The zero-order chi connectivity index (χ0) is 15.0. The lowest BCUT2D eigenvalue weighted by atomic mass is 10.1. The van der Waals surface area contributed by atoms with E-state index in [4.69, 9.17) is 11.6 Å². The Bertz CT molecular complexity index is 792. The lowest BCUT2D eigenvalue weighted by Gasteiger charge is -2.16. The van der Waals surface area contributed by atoms with Crippen LogP contribution in [0.5, 0.6) is 0 Å². The molecule has 0 fully saturated rings. The molecule has 0 saturated carbocycles. The van der Waals surface area contributed by atoms with Crippen LogP contribution in [0.25, 0.3) is 0 Å². The van der Waals surface area contributed by atoms with Gasteiger partial charge in [-0.1, -0.05) is 49.2 Å². The standard InChI is InChI=1S/C16H17ClN2O2/c1-2-5-12-14(17)18-16(21)19(15(12)20)13-9-8-10-6-3-4-7-11(10)13/h3-4,6-7,13H,2,5,8-9H2,1H3,(H,18,21). The fourth-order valence-electron chi connectivity index (χ4n) is 3.11. The van der Waals surface area contributed by atoms with E-state index in [1.165, 1.54) is 10.1 Å². The molecule has 2 aromatic rings. The number of benzene rings is 1. The Morgan fingerprint density at radius 2 is 2.10 bits per heavy atom. The number of H-pyrrole nitrogens is 1. The van der Waals surface area contributed by atoms with E-state index in [2.05, 4.69) is 11.1 Å². The Balaban J connectivity index is 2.19. The van der Waals surface area contributed by atoms with Crippen molar-refractivity contribution in [3.63, 3.8) is 0 Å². The SMILES string of the molecule is CCCc1c(Cl)[nH]c(=O)n(C2CCc3ccccc32)c1=O. The highest BCUT2D eigenvalue weighted by Gasteiger charge is 2.27. The number of nitrogens with one attached hydrogen (secondary N) is 1. The molecular formula is C16H17ClN2O2. The second-order valence-electron chi connectivity index (χ2n) is 5.40. The van der Waals surface area contributed by atoms with Crippen LogP contribution in [0.2, 0.25) is 5.15 Å². The van der Waals surface area contributed by atoms with Crippen LogP contribution in [0.3, 0.4) is 0 Å². The van der Waals surface area contributed by atoms with Gasteiger partial charge in [0.1, 0.15) is 5.15 Å². The Hall–Kier alpha value is -1.81. The molecule has 1 aliphatic rings. The molecule has 0 radical (unpaired) electrons. The van der Waals surface area contributed by atoms with E-state index < -0.39 is 5.69 Å². The monoisotopic (exact) mass is 304 g/mol. The molecule has 0 aliphatic heterocycles. The topological polar surface area (TPSA) is 54.9 Å². The van der Waals surface area contributed by atoms with Gasteiger partial charge in [-0.2, -0.15) is 0 Å². The molecule has 3 rings (SSSR count). The first-order chi connectivity index (χ1) is 10.1. The normalized spacial score (nSPS) is 17.0. The maximum Gasteiger partial charge on any atom is 0.330 e. The summed E-state index contributed by atoms with van der Waals surface area (Å²) in [7, 11) is 0. The van der Waals surface area contributed by atoms with E-state index >= 15 is 0 Å². The first-order valence-electron chi connectivity index (χ1n) is 7.24. The summed E-state index contributed by atoms with van der Waals surface area (Å²) in [4.78, 5) is 27.5. The van der Waals surface area contributed by atoms with Crippen LogP contribution in [0, 0.1) is 0 Å². The van der Waals surface area contributed by atoms with Crippen LogP contribution in [0.15, 0.2) is 33.9 Å². The van der Waals surface area contributed by atoms with Gasteiger partial charge in [0.15, 0.2) is 0 Å². The van der Waals surface area contributed by atoms with Crippen LogP contribution >= 0.6 is 11.6 Å². The lowest BCUT2D eigenvalue weighted by molar-refractivity contribution is 0.527. The van der Waals surface area contributed by atoms with E-state index in [0.717, 1.165) is 24.8 Å². The zero-order valence-electron chi connectivity index (χ0n) is 11.9. The number of hydrogen-bond acceptors (Lipinski definition) is 2. The van der Waals surface area contributed by atoms with Gasteiger partial charge in [0, 0.05) is 0 Å². The van der Waals surface area contributed by atoms with Crippen molar-refractivity contribution in [3.8, 4) is 0 Å². The summed E-state index contributed by atoms with van der Waals surface area (Å²) in [5.74, 6) is 0. The quantitative estimate of drug-likeness (QED) is 0.886. The van der Waals surface area contributed by atoms with Gasteiger partial charge in [0.25, 0.3) is 5.56 Å². The molecule has 5 heteroatoms. The number of aromatic nitrogens is 2. The highest BCUT2D eigenvalue weighted by molar-refractivity contribution is 6.30. The van der Waals surface area contributed by atoms with Gasteiger partial charge in [0.05, 0.1) is 11.6 Å². The minimum absolute atomic E-state index is 0.175. The molecule has 0 amide bonds. The molecule has 1 N–H and O–H groups in total. The maximum atomic E-state index is 12.7. The predicted molar refractivity (Wildman–Crippen MR) is 83.2 cm³/mol. The molecular weight excluding hydrogens is 288 g/mol. The minimum atomic E-state index is -0.424. The smallest absolute Gasteiger partial charge is 0.297 e. The molecule has 0 saturated heterocycles. The third-order valence-corrected chi connectivity index (χ3v) is 4.41. The molecule has 1 heterocycles. The molecule has 1 unspecified atom stereocenters. The molecule has 0 spiro atoms.